The van der Waals surface area contributed by atoms with Gasteiger partial charge in [-0.05, 0) is 20.3 Å². The van der Waals surface area contributed by atoms with Crippen molar-refractivity contribution in [1.82, 2.24) is 5.32 Å². The molecule has 2 aliphatic rings. The Kier molecular flexibility index (Phi) is 4.60. The highest BCUT2D eigenvalue weighted by atomic mass is 32.2. The van der Waals surface area contributed by atoms with Crippen molar-refractivity contribution in [3.05, 3.63) is 17.7 Å². The predicted molar refractivity (Wildman–Crippen MR) is 92.5 cm³/mol. The van der Waals surface area contributed by atoms with Crippen molar-refractivity contribution >= 4 is 21.5 Å². The van der Waals surface area contributed by atoms with E-state index in [0.29, 0.717) is 6.42 Å². The molecule has 2 aliphatic heterocycles. The molecule has 142 valence electrons. The summed E-state index contributed by atoms with van der Waals surface area (Å²) in [5, 5.41) is 12.7. The first-order valence-electron chi connectivity index (χ1n) is 8.26. The Bertz CT molecular complexity index is 860. The van der Waals surface area contributed by atoms with E-state index in [1.807, 2.05) is 0 Å². The molecule has 0 saturated carbocycles. The van der Waals surface area contributed by atoms with Gasteiger partial charge in [-0.3, -0.25) is 9.59 Å². The average Bonchev–Trinajstić information content (AvgIpc) is 2.81. The number of phenolic OH excluding ortho intramolecular Hbond substituents is 1. The normalized spacial score (nSPS) is 23.0. The lowest BCUT2D eigenvalue weighted by Crippen LogP contribution is -2.38. The van der Waals surface area contributed by atoms with Crippen LogP contribution in [0.5, 0.6) is 17.2 Å². The number of rotatable bonds is 4. The van der Waals surface area contributed by atoms with Gasteiger partial charge in [0.2, 0.25) is 0 Å². The van der Waals surface area contributed by atoms with E-state index in [1.54, 1.807) is 13.8 Å². The third-order valence-electron chi connectivity index (χ3n) is 4.27. The molecule has 3 rings (SSSR count). The lowest BCUT2D eigenvalue weighted by Gasteiger charge is -2.32. The Hall–Kier alpha value is -2.29. The van der Waals surface area contributed by atoms with E-state index < -0.39 is 27.4 Å². The van der Waals surface area contributed by atoms with E-state index in [0.717, 1.165) is 0 Å². The molecule has 2 N–H and O–H groups in total. The van der Waals surface area contributed by atoms with Gasteiger partial charge < -0.3 is 19.9 Å². The molecule has 1 atom stereocenters. The second-order valence-electron chi connectivity index (χ2n) is 7.23. The number of benzene rings is 1. The van der Waals surface area contributed by atoms with Crippen LogP contribution in [0.25, 0.3) is 0 Å². The van der Waals surface area contributed by atoms with E-state index in [4.69, 9.17) is 9.47 Å². The summed E-state index contributed by atoms with van der Waals surface area (Å²) in [6, 6.07) is 2.31. The van der Waals surface area contributed by atoms with Gasteiger partial charge in [0.15, 0.2) is 22.2 Å². The summed E-state index contributed by atoms with van der Waals surface area (Å²) in [4.78, 5) is 24.1. The van der Waals surface area contributed by atoms with Crippen molar-refractivity contribution in [2.24, 2.45) is 0 Å². The number of amides is 1. The van der Waals surface area contributed by atoms with E-state index in [9.17, 15) is 23.1 Å². The highest BCUT2D eigenvalue weighted by Crippen LogP contribution is 2.40. The maximum Gasteiger partial charge on any atom is 0.258 e. The van der Waals surface area contributed by atoms with E-state index in [-0.39, 0.29) is 53.1 Å². The molecule has 1 amide bonds. The van der Waals surface area contributed by atoms with E-state index in [2.05, 4.69) is 5.32 Å². The zero-order valence-corrected chi connectivity index (χ0v) is 15.4. The standard InChI is InChI=1S/C17H21NO7S/c1-17(2)7-13(20)16-12(19)5-11(6-14(16)25-17)24-8-15(21)18-10-3-4-26(22,23)9-10/h5-6,10,19H,3-4,7-9H2,1-2H3,(H,18,21). The number of ether oxygens (including phenoxy) is 2. The highest BCUT2D eigenvalue weighted by Gasteiger charge is 2.35. The van der Waals surface area contributed by atoms with Crippen LogP contribution in [-0.4, -0.2) is 55.0 Å². The number of phenols is 1. The van der Waals surface area contributed by atoms with Gasteiger partial charge in [-0.15, -0.1) is 0 Å². The Balaban J connectivity index is 1.65. The molecule has 1 fully saturated rings. The molecule has 0 aromatic heterocycles. The number of aromatic hydroxyl groups is 1. The maximum atomic E-state index is 12.2. The van der Waals surface area contributed by atoms with Crippen LogP contribution in [0.4, 0.5) is 0 Å². The minimum absolute atomic E-state index is 0.0661. The predicted octanol–water partition coefficient (Wildman–Crippen LogP) is 0.818. The van der Waals surface area contributed by atoms with Gasteiger partial charge in [-0.2, -0.15) is 0 Å². The molecule has 1 saturated heterocycles. The van der Waals surface area contributed by atoms with Crippen molar-refractivity contribution in [2.75, 3.05) is 18.1 Å². The Labute approximate surface area is 151 Å². The van der Waals surface area contributed by atoms with Crippen LogP contribution in [-0.2, 0) is 14.6 Å². The zero-order valence-electron chi connectivity index (χ0n) is 14.6. The molecule has 9 heteroatoms. The van der Waals surface area contributed by atoms with Crippen molar-refractivity contribution in [1.29, 1.82) is 0 Å². The summed E-state index contributed by atoms with van der Waals surface area (Å²) >= 11 is 0. The molecule has 8 nitrogen and oxygen atoms in total. The van der Waals surface area contributed by atoms with Gasteiger partial charge in [0.1, 0.15) is 28.4 Å². The monoisotopic (exact) mass is 383 g/mol. The second kappa shape index (κ2) is 6.46. The van der Waals surface area contributed by atoms with Crippen molar-refractivity contribution in [2.45, 2.75) is 38.3 Å². The average molecular weight is 383 g/mol. The van der Waals surface area contributed by atoms with Crippen LogP contribution >= 0.6 is 0 Å². The molecule has 26 heavy (non-hydrogen) atoms. The number of carbonyl (C=O) groups excluding carboxylic acids is 2. The van der Waals surface area contributed by atoms with E-state index in [1.165, 1.54) is 12.1 Å². The molecule has 1 aromatic rings. The number of ketones is 1. The number of hydrogen-bond donors (Lipinski definition) is 2. The molecular weight excluding hydrogens is 362 g/mol. The number of nitrogens with one attached hydrogen (secondary N) is 1. The molecular formula is C17H21NO7S. The molecule has 0 radical (unpaired) electrons. The van der Waals surface area contributed by atoms with Crippen molar-refractivity contribution in [3.8, 4) is 17.2 Å². The first-order chi connectivity index (χ1) is 12.0. The number of carbonyl (C=O) groups is 2. The second-order valence-corrected chi connectivity index (χ2v) is 9.46. The van der Waals surface area contributed by atoms with Gasteiger partial charge in [0.05, 0.1) is 17.9 Å². The van der Waals surface area contributed by atoms with Crippen molar-refractivity contribution < 1.29 is 32.6 Å². The quantitative estimate of drug-likeness (QED) is 0.790. The molecule has 0 aliphatic carbocycles. The summed E-state index contributed by atoms with van der Waals surface area (Å²) in [5.41, 5.74) is -0.585. The number of Topliss-reactive ketones (excluding diaryl/α,β-unsaturated/α-hetero) is 1. The third-order valence-corrected chi connectivity index (χ3v) is 6.04. The molecule has 0 spiro atoms. The fourth-order valence-electron chi connectivity index (χ4n) is 3.16. The van der Waals surface area contributed by atoms with Gasteiger partial charge in [0.25, 0.3) is 5.91 Å². The first-order valence-corrected chi connectivity index (χ1v) is 10.1. The van der Waals surface area contributed by atoms with Gasteiger partial charge in [-0.1, -0.05) is 0 Å². The van der Waals surface area contributed by atoms with Crippen LogP contribution < -0.4 is 14.8 Å². The maximum absolute atomic E-state index is 12.2. The summed E-state index contributed by atoms with van der Waals surface area (Å²) < 4.78 is 33.9. The lowest BCUT2D eigenvalue weighted by atomic mass is 9.92. The van der Waals surface area contributed by atoms with Crippen LogP contribution in [0.1, 0.15) is 37.0 Å². The smallest absolute Gasteiger partial charge is 0.258 e. The third kappa shape index (κ3) is 4.09. The van der Waals surface area contributed by atoms with Crippen LogP contribution in [0.2, 0.25) is 0 Å². The molecule has 1 unspecified atom stereocenters. The Morgan fingerprint density at radius 2 is 2.15 bits per heavy atom. The fraction of sp³-hybridized carbons (Fsp3) is 0.529. The van der Waals surface area contributed by atoms with Gasteiger partial charge >= 0.3 is 0 Å². The minimum atomic E-state index is -3.08. The van der Waals surface area contributed by atoms with Gasteiger partial charge in [-0.25, -0.2) is 8.42 Å². The summed E-state index contributed by atoms with van der Waals surface area (Å²) in [6.45, 7) is 3.19. The van der Waals surface area contributed by atoms with Crippen LogP contribution in [0, 0.1) is 0 Å². The van der Waals surface area contributed by atoms with Crippen LogP contribution in [0.15, 0.2) is 12.1 Å². The SMILES string of the molecule is CC1(C)CC(=O)c2c(O)cc(OCC(=O)NC3CCS(=O)(=O)C3)cc2O1. The summed E-state index contributed by atoms with van der Waals surface area (Å²) in [5.74, 6) is -0.547. The number of fused-ring (bicyclic) bond motifs is 1. The summed E-state index contributed by atoms with van der Waals surface area (Å²) in [7, 11) is -3.08. The molecule has 0 bridgehead atoms. The van der Waals surface area contributed by atoms with Crippen molar-refractivity contribution in [3.63, 3.8) is 0 Å². The topological polar surface area (TPSA) is 119 Å². The zero-order chi connectivity index (χ0) is 19.1. The summed E-state index contributed by atoms with van der Waals surface area (Å²) in [6.07, 6.45) is 0.541. The van der Waals surface area contributed by atoms with Gasteiger partial charge in [0, 0.05) is 18.2 Å². The minimum Gasteiger partial charge on any atom is -0.507 e. The number of hydrogen-bond acceptors (Lipinski definition) is 7. The Morgan fingerprint density at radius 1 is 1.42 bits per heavy atom. The Morgan fingerprint density at radius 3 is 2.81 bits per heavy atom. The largest absolute Gasteiger partial charge is 0.507 e. The van der Waals surface area contributed by atoms with Crippen LogP contribution in [0.3, 0.4) is 0 Å². The fourth-order valence-corrected chi connectivity index (χ4v) is 4.83. The number of sulfone groups is 1. The highest BCUT2D eigenvalue weighted by molar-refractivity contribution is 7.91. The molecule has 1 aromatic carbocycles. The molecule has 2 heterocycles. The lowest BCUT2D eigenvalue weighted by molar-refractivity contribution is -0.123. The first kappa shape index (κ1) is 18.5. The van der Waals surface area contributed by atoms with E-state index >= 15 is 0 Å².